The summed E-state index contributed by atoms with van der Waals surface area (Å²) in [6.07, 6.45) is 3.92. The van der Waals surface area contributed by atoms with Crippen molar-refractivity contribution in [3.8, 4) is 5.75 Å². The van der Waals surface area contributed by atoms with Crippen molar-refractivity contribution in [3.05, 3.63) is 59.1 Å². The van der Waals surface area contributed by atoms with Crippen LogP contribution in [0.15, 0.2) is 48.5 Å². The average Bonchev–Trinajstić information content (AvgIpc) is 2.71. The fourth-order valence-electron chi connectivity index (χ4n) is 3.95. The van der Waals surface area contributed by atoms with Gasteiger partial charge < -0.3 is 14.5 Å². The quantitative estimate of drug-likeness (QED) is 0.777. The second kappa shape index (κ2) is 8.22. The Kier molecular flexibility index (Phi) is 5.53. The Morgan fingerprint density at radius 3 is 2.63 bits per heavy atom. The van der Waals surface area contributed by atoms with Crippen LogP contribution in [0.3, 0.4) is 0 Å². The summed E-state index contributed by atoms with van der Waals surface area (Å²) < 4.78 is 5.98. The molecule has 0 unspecified atom stereocenters. The molecule has 0 radical (unpaired) electrons. The van der Waals surface area contributed by atoms with Gasteiger partial charge in [-0.3, -0.25) is 4.79 Å². The minimum absolute atomic E-state index is 0.00518. The number of hydrogen-bond donors (Lipinski definition) is 0. The first-order chi connectivity index (χ1) is 13.2. The molecule has 0 spiro atoms. The summed E-state index contributed by atoms with van der Waals surface area (Å²) in [5.41, 5.74) is 2.18. The minimum Gasteiger partial charge on any atom is -0.489 e. The number of nitrogens with zero attached hydrogens (tertiary/aromatic N) is 2. The smallest absolute Gasteiger partial charge is 0.224 e. The monoisotopic (exact) mass is 384 g/mol. The lowest BCUT2D eigenvalue weighted by atomic mass is 10.0. The van der Waals surface area contributed by atoms with Gasteiger partial charge in [0.1, 0.15) is 12.4 Å². The summed E-state index contributed by atoms with van der Waals surface area (Å²) in [5.74, 6) is 1.06. The molecule has 4 rings (SSSR count). The summed E-state index contributed by atoms with van der Waals surface area (Å²) in [6.45, 7) is 3.01. The molecule has 1 fully saturated rings. The van der Waals surface area contributed by atoms with Gasteiger partial charge in [0, 0.05) is 24.7 Å². The van der Waals surface area contributed by atoms with E-state index in [0.717, 1.165) is 43.9 Å². The summed E-state index contributed by atoms with van der Waals surface area (Å²) in [7, 11) is 0. The maximum Gasteiger partial charge on any atom is 0.224 e. The molecule has 2 aliphatic rings. The lowest BCUT2D eigenvalue weighted by Gasteiger charge is -2.39. The Balaban J connectivity index is 1.58. The zero-order valence-corrected chi connectivity index (χ0v) is 16.2. The van der Waals surface area contributed by atoms with Crippen molar-refractivity contribution in [2.45, 2.75) is 38.3 Å². The van der Waals surface area contributed by atoms with E-state index in [4.69, 9.17) is 16.3 Å². The molecule has 2 heterocycles. The lowest BCUT2D eigenvalue weighted by Crippen LogP contribution is -2.47. The summed E-state index contributed by atoms with van der Waals surface area (Å²) in [6, 6.07) is 16.0. The van der Waals surface area contributed by atoms with Crippen LogP contribution in [-0.4, -0.2) is 36.5 Å². The number of carbonyl (C=O) groups is 1. The van der Waals surface area contributed by atoms with Gasteiger partial charge >= 0.3 is 0 Å². The standard InChI is InChI=1S/C22H25ClN2O2/c23-18-9-10-21-20(13-18)25(15-17-7-3-1-4-8-17)19(16-27-21)14-22(26)24-11-5-2-6-12-24/h1,3-4,7-10,13,19H,2,5-6,11-12,14-16H2/t19-/m1/s1. The highest BCUT2D eigenvalue weighted by molar-refractivity contribution is 6.31. The highest BCUT2D eigenvalue weighted by atomic mass is 35.5. The van der Waals surface area contributed by atoms with Crippen LogP contribution in [-0.2, 0) is 11.3 Å². The van der Waals surface area contributed by atoms with Crippen molar-refractivity contribution >= 4 is 23.2 Å². The van der Waals surface area contributed by atoms with Crippen LogP contribution in [0, 0.1) is 0 Å². The van der Waals surface area contributed by atoms with Gasteiger partial charge in [-0.15, -0.1) is 0 Å². The molecule has 2 aliphatic heterocycles. The highest BCUT2D eigenvalue weighted by Gasteiger charge is 2.31. The van der Waals surface area contributed by atoms with E-state index in [-0.39, 0.29) is 11.9 Å². The van der Waals surface area contributed by atoms with Crippen LogP contribution in [0.25, 0.3) is 0 Å². The van der Waals surface area contributed by atoms with E-state index in [1.54, 1.807) is 0 Å². The van der Waals surface area contributed by atoms with Gasteiger partial charge in [-0.1, -0.05) is 41.9 Å². The maximum absolute atomic E-state index is 12.9. The van der Waals surface area contributed by atoms with Gasteiger partial charge in [-0.05, 0) is 43.0 Å². The third kappa shape index (κ3) is 4.22. The number of benzene rings is 2. The van der Waals surface area contributed by atoms with Crippen LogP contribution in [0.2, 0.25) is 5.02 Å². The van der Waals surface area contributed by atoms with Gasteiger partial charge in [-0.25, -0.2) is 0 Å². The first-order valence-corrected chi connectivity index (χ1v) is 10.1. The molecule has 1 amide bonds. The zero-order valence-electron chi connectivity index (χ0n) is 15.4. The number of anilines is 1. The molecule has 142 valence electrons. The zero-order chi connectivity index (χ0) is 18.6. The molecule has 2 aromatic carbocycles. The summed E-state index contributed by atoms with van der Waals surface area (Å²) in [5, 5.41) is 0.679. The number of fused-ring (bicyclic) bond motifs is 1. The SMILES string of the molecule is O=C(C[C@@H]1COc2ccc(Cl)cc2N1Cc1ccccc1)N1CCCCC1. The van der Waals surface area contributed by atoms with E-state index < -0.39 is 0 Å². The number of ether oxygens (including phenoxy) is 1. The second-order valence-electron chi connectivity index (χ2n) is 7.34. The number of carbonyl (C=O) groups excluding carboxylic acids is 1. The Hall–Kier alpha value is -2.20. The van der Waals surface area contributed by atoms with Crippen molar-refractivity contribution in [3.63, 3.8) is 0 Å². The molecule has 0 aromatic heterocycles. The Morgan fingerprint density at radius 2 is 1.85 bits per heavy atom. The predicted octanol–water partition coefficient (Wildman–Crippen LogP) is 4.51. The molecular weight excluding hydrogens is 360 g/mol. The van der Waals surface area contributed by atoms with E-state index in [9.17, 15) is 4.79 Å². The number of hydrogen-bond acceptors (Lipinski definition) is 3. The van der Waals surface area contributed by atoms with Crippen LogP contribution in [0.5, 0.6) is 5.75 Å². The highest BCUT2D eigenvalue weighted by Crippen LogP contribution is 2.38. The van der Waals surface area contributed by atoms with Crippen molar-refractivity contribution in [1.82, 2.24) is 4.90 Å². The Morgan fingerprint density at radius 1 is 1.07 bits per heavy atom. The van der Waals surface area contributed by atoms with E-state index in [0.29, 0.717) is 18.1 Å². The first-order valence-electron chi connectivity index (χ1n) is 9.71. The Labute approximate surface area is 165 Å². The molecule has 5 heteroatoms. The molecule has 4 nitrogen and oxygen atoms in total. The average molecular weight is 385 g/mol. The minimum atomic E-state index is 0.00518. The number of rotatable bonds is 4. The number of halogens is 1. The normalized spacial score (nSPS) is 19.4. The predicted molar refractivity (Wildman–Crippen MR) is 108 cm³/mol. The number of piperidine rings is 1. The van der Waals surface area contributed by atoms with Gasteiger partial charge in [0.15, 0.2) is 0 Å². The fourth-order valence-corrected chi connectivity index (χ4v) is 4.11. The molecule has 1 atom stereocenters. The van der Waals surface area contributed by atoms with Crippen LogP contribution in [0.4, 0.5) is 5.69 Å². The molecule has 2 aromatic rings. The van der Waals surface area contributed by atoms with Gasteiger partial charge in [0.25, 0.3) is 0 Å². The van der Waals surface area contributed by atoms with Crippen molar-refractivity contribution in [2.75, 3.05) is 24.6 Å². The largest absolute Gasteiger partial charge is 0.489 e. The van der Waals surface area contributed by atoms with Gasteiger partial charge in [0.05, 0.1) is 18.2 Å². The van der Waals surface area contributed by atoms with E-state index in [2.05, 4.69) is 17.0 Å². The molecule has 0 N–H and O–H groups in total. The van der Waals surface area contributed by atoms with Crippen molar-refractivity contribution < 1.29 is 9.53 Å². The molecular formula is C22H25ClN2O2. The summed E-state index contributed by atoms with van der Waals surface area (Å²) >= 11 is 6.26. The fraction of sp³-hybridized carbons (Fsp3) is 0.409. The lowest BCUT2D eigenvalue weighted by molar-refractivity contribution is -0.132. The third-order valence-corrected chi connectivity index (χ3v) is 5.65. The van der Waals surface area contributed by atoms with Crippen molar-refractivity contribution in [2.24, 2.45) is 0 Å². The van der Waals surface area contributed by atoms with Crippen LogP contribution in [0.1, 0.15) is 31.2 Å². The molecule has 27 heavy (non-hydrogen) atoms. The molecule has 1 saturated heterocycles. The third-order valence-electron chi connectivity index (χ3n) is 5.42. The summed E-state index contributed by atoms with van der Waals surface area (Å²) in [4.78, 5) is 17.2. The van der Waals surface area contributed by atoms with Gasteiger partial charge in [-0.2, -0.15) is 0 Å². The topological polar surface area (TPSA) is 32.8 Å². The van der Waals surface area contributed by atoms with Gasteiger partial charge in [0.2, 0.25) is 5.91 Å². The van der Waals surface area contributed by atoms with E-state index >= 15 is 0 Å². The van der Waals surface area contributed by atoms with Crippen molar-refractivity contribution in [1.29, 1.82) is 0 Å². The Bertz CT molecular complexity index is 790. The second-order valence-corrected chi connectivity index (χ2v) is 7.77. The molecule has 0 bridgehead atoms. The van der Waals surface area contributed by atoms with E-state index in [1.807, 2.05) is 41.3 Å². The molecule has 0 aliphatic carbocycles. The first kappa shape index (κ1) is 18.2. The number of amides is 1. The van der Waals surface area contributed by atoms with E-state index in [1.165, 1.54) is 12.0 Å². The molecule has 0 saturated carbocycles. The number of likely N-dealkylation sites (tertiary alicyclic amines) is 1. The van der Waals surface area contributed by atoms with Crippen LogP contribution >= 0.6 is 11.6 Å². The van der Waals surface area contributed by atoms with Crippen LogP contribution < -0.4 is 9.64 Å². The maximum atomic E-state index is 12.9.